The molecule has 0 radical (unpaired) electrons. The Labute approximate surface area is 111 Å². The molecule has 7 heteroatoms. The topological polar surface area (TPSA) is 102 Å². The Kier molecular flexibility index (Phi) is 3.84. The van der Waals surface area contributed by atoms with Crippen LogP contribution >= 0.6 is 0 Å². The maximum atomic E-state index is 12.2. The zero-order chi connectivity index (χ0) is 13.9. The lowest BCUT2D eigenvalue weighted by Crippen LogP contribution is -2.45. The van der Waals surface area contributed by atoms with Gasteiger partial charge in [0, 0.05) is 12.7 Å². The third-order valence-electron chi connectivity index (χ3n) is 3.35. The number of aromatic nitrogens is 2. The molecule has 0 aromatic carbocycles. The number of hydrogen-bond donors (Lipinski definition) is 3. The number of carbonyl (C=O) groups excluding carboxylic acids is 2. The Balaban J connectivity index is 1.98. The van der Waals surface area contributed by atoms with Gasteiger partial charge in [-0.15, -0.1) is 0 Å². The number of anilines is 1. The summed E-state index contributed by atoms with van der Waals surface area (Å²) in [5.41, 5.74) is 5.26. The lowest BCUT2D eigenvalue weighted by Gasteiger charge is -2.32. The van der Waals surface area contributed by atoms with Gasteiger partial charge in [0.2, 0.25) is 11.8 Å². The minimum Gasteiger partial charge on any atom is -0.368 e. The van der Waals surface area contributed by atoms with Gasteiger partial charge in [0.05, 0.1) is 17.3 Å². The molecule has 2 heterocycles. The van der Waals surface area contributed by atoms with E-state index in [4.69, 9.17) is 5.73 Å². The summed E-state index contributed by atoms with van der Waals surface area (Å²) in [5.74, 6) is -0.497. The standard InChI is InChI=1S/C12H19N5O2/c1-12(3-2-4-14-8-12)11(19)16-9-5-15-17(6-9)7-10(13)18/h5-6,14H,2-4,7-8H2,1H3,(H2,13,18)(H,16,19). The van der Waals surface area contributed by atoms with Crippen molar-refractivity contribution in [1.29, 1.82) is 0 Å². The number of nitrogens with zero attached hydrogens (tertiary/aromatic N) is 2. The highest BCUT2D eigenvalue weighted by molar-refractivity contribution is 5.95. The van der Waals surface area contributed by atoms with Crippen LogP contribution in [0, 0.1) is 5.41 Å². The summed E-state index contributed by atoms with van der Waals surface area (Å²) >= 11 is 0. The summed E-state index contributed by atoms with van der Waals surface area (Å²) in [6.07, 6.45) is 4.97. The van der Waals surface area contributed by atoms with Crippen molar-refractivity contribution in [3.63, 3.8) is 0 Å². The van der Waals surface area contributed by atoms with Gasteiger partial charge in [-0.1, -0.05) is 0 Å². The van der Waals surface area contributed by atoms with Crippen molar-refractivity contribution in [2.75, 3.05) is 18.4 Å². The lowest BCUT2D eigenvalue weighted by molar-refractivity contribution is -0.125. The number of amides is 2. The van der Waals surface area contributed by atoms with Crippen LogP contribution in [0.4, 0.5) is 5.69 Å². The van der Waals surface area contributed by atoms with Crippen LogP contribution in [0.15, 0.2) is 12.4 Å². The Bertz CT molecular complexity index is 476. The van der Waals surface area contributed by atoms with Gasteiger partial charge in [-0.2, -0.15) is 5.10 Å². The largest absolute Gasteiger partial charge is 0.368 e. The SMILES string of the molecule is CC1(C(=O)Nc2cnn(CC(N)=O)c2)CCCNC1. The molecule has 1 aliphatic heterocycles. The first kappa shape index (κ1) is 13.5. The van der Waals surface area contributed by atoms with Gasteiger partial charge in [0.15, 0.2) is 0 Å². The van der Waals surface area contributed by atoms with Gasteiger partial charge in [0.1, 0.15) is 6.54 Å². The van der Waals surface area contributed by atoms with E-state index >= 15 is 0 Å². The predicted octanol–water partition coefficient (Wildman–Crippen LogP) is -0.303. The molecule has 19 heavy (non-hydrogen) atoms. The lowest BCUT2D eigenvalue weighted by atomic mass is 9.82. The molecule has 0 saturated carbocycles. The third-order valence-corrected chi connectivity index (χ3v) is 3.35. The summed E-state index contributed by atoms with van der Waals surface area (Å²) in [6, 6.07) is 0. The van der Waals surface area contributed by atoms with Gasteiger partial charge in [-0.25, -0.2) is 0 Å². The van der Waals surface area contributed by atoms with Crippen LogP contribution < -0.4 is 16.4 Å². The van der Waals surface area contributed by atoms with Crippen molar-refractivity contribution in [3.05, 3.63) is 12.4 Å². The van der Waals surface area contributed by atoms with Crippen LogP contribution in [0.5, 0.6) is 0 Å². The monoisotopic (exact) mass is 265 g/mol. The van der Waals surface area contributed by atoms with Crippen LogP contribution in [0.1, 0.15) is 19.8 Å². The summed E-state index contributed by atoms with van der Waals surface area (Å²) in [4.78, 5) is 23.0. The van der Waals surface area contributed by atoms with Crippen LogP contribution in [0.2, 0.25) is 0 Å². The minimum atomic E-state index is -0.468. The van der Waals surface area contributed by atoms with E-state index in [9.17, 15) is 9.59 Å². The van der Waals surface area contributed by atoms with E-state index in [0.29, 0.717) is 12.2 Å². The Hall–Kier alpha value is -1.89. The number of carbonyl (C=O) groups is 2. The van der Waals surface area contributed by atoms with Gasteiger partial charge in [-0.3, -0.25) is 14.3 Å². The van der Waals surface area contributed by atoms with Crippen LogP contribution in [0.3, 0.4) is 0 Å². The highest BCUT2D eigenvalue weighted by Gasteiger charge is 2.34. The smallest absolute Gasteiger partial charge is 0.239 e. The van der Waals surface area contributed by atoms with Crippen molar-refractivity contribution >= 4 is 17.5 Å². The Morgan fingerprint density at radius 3 is 3.05 bits per heavy atom. The summed E-state index contributed by atoms with van der Waals surface area (Å²) in [7, 11) is 0. The zero-order valence-electron chi connectivity index (χ0n) is 11.0. The van der Waals surface area contributed by atoms with E-state index in [0.717, 1.165) is 19.4 Å². The molecule has 0 bridgehead atoms. The highest BCUT2D eigenvalue weighted by atomic mass is 16.2. The normalized spacial score (nSPS) is 23.0. The number of rotatable bonds is 4. The van der Waals surface area contributed by atoms with Gasteiger partial charge >= 0.3 is 0 Å². The first-order valence-electron chi connectivity index (χ1n) is 6.32. The second kappa shape index (κ2) is 5.40. The summed E-state index contributed by atoms with van der Waals surface area (Å²) in [5, 5.41) is 10.0. The fourth-order valence-electron chi connectivity index (χ4n) is 2.21. The first-order valence-corrected chi connectivity index (χ1v) is 6.32. The fraction of sp³-hybridized carbons (Fsp3) is 0.583. The number of hydrogen-bond acceptors (Lipinski definition) is 4. The highest BCUT2D eigenvalue weighted by Crippen LogP contribution is 2.27. The van der Waals surface area contributed by atoms with Crippen LogP contribution in [0.25, 0.3) is 0 Å². The molecule has 1 fully saturated rings. The van der Waals surface area contributed by atoms with Crippen molar-refractivity contribution in [3.8, 4) is 0 Å². The van der Waals surface area contributed by atoms with E-state index in [1.54, 1.807) is 6.20 Å². The number of nitrogens with one attached hydrogen (secondary N) is 2. The van der Waals surface area contributed by atoms with Gasteiger partial charge < -0.3 is 16.4 Å². The second-order valence-corrected chi connectivity index (χ2v) is 5.19. The molecule has 1 aromatic rings. The van der Waals surface area contributed by atoms with E-state index < -0.39 is 11.3 Å². The molecule has 1 aliphatic rings. The van der Waals surface area contributed by atoms with Crippen molar-refractivity contribution < 1.29 is 9.59 Å². The molecule has 104 valence electrons. The second-order valence-electron chi connectivity index (χ2n) is 5.19. The van der Waals surface area contributed by atoms with Crippen molar-refractivity contribution in [2.24, 2.45) is 11.1 Å². The molecule has 2 amide bonds. The molecular weight excluding hydrogens is 246 g/mol. The number of piperidine rings is 1. The van der Waals surface area contributed by atoms with E-state index in [-0.39, 0.29) is 12.5 Å². The zero-order valence-corrected chi connectivity index (χ0v) is 11.0. The Morgan fingerprint density at radius 1 is 1.63 bits per heavy atom. The molecule has 1 unspecified atom stereocenters. The Morgan fingerprint density at radius 2 is 2.42 bits per heavy atom. The van der Waals surface area contributed by atoms with E-state index in [1.165, 1.54) is 10.9 Å². The van der Waals surface area contributed by atoms with E-state index in [2.05, 4.69) is 15.7 Å². The molecule has 0 spiro atoms. The fourth-order valence-corrected chi connectivity index (χ4v) is 2.21. The summed E-state index contributed by atoms with van der Waals surface area (Å²) < 4.78 is 1.40. The molecule has 7 nitrogen and oxygen atoms in total. The number of nitrogens with two attached hydrogens (primary N) is 1. The third kappa shape index (κ3) is 3.31. The maximum Gasteiger partial charge on any atom is 0.239 e. The van der Waals surface area contributed by atoms with Gasteiger partial charge in [-0.05, 0) is 26.3 Å². The summed E-state index contributed by atoms with van der Waals surface area (Å²) in [6.45, 7) is 3.59. The maximum absolute atomic E-state index is 12.2. The molecule has 2 rings (SSSR count). The van der Waals surface area contributed by atoms with E-state index in [1.807, 2.05) is 6.92 Å². The molecular formula is C12H19N5O2. The van der Waals surface area contributed by atoms with Crippen LogP contribution in [-0.2, 0) is 16.1 Å². The van der Waals surface area contributed by atoms with Crippen molar-refractivity contribution in [1.82, 2.24) is 15.1 Å². The quantitative estimate of drug-likeness (QED) is 0.695. The van der Waals surface area contributed by atoms with Crippen molar-refractivity contribution in [2.45, 2.75) is 26.3 Å². The first-order chi connectivity index (χ1) is 8.99. The molecule has 1 atom stereocenters. The molecule has 4 N–H and O–H groups in total. The predicted molar refractivity (Wildman–Crippen MR) is 70.3 cm³/mol. The molecule has 1 saturated heterocycles. The van der Waals surface area contributed by atoms with Gasteiger partial charge in [0.25, 0.3) is 0 Å². The average Bonchev–Trinajstić information content (AvgIpc) is 2.76. The molecule has 0 aliphatic carbocycles. The average molecular weight is 265 g/mol. The number of primary amides is 1. The molecule has 1 aromatic heterocycles. The minimum absolute atomic E-state index is 0.00862. The van der Waals surface area contributed by atoms with Crippen LogP contribution in [-0.4, -0.2) is 34.7 Å².